The summed E-state index contributed by atoms with van der Waals surface area (Å²) >= 11 is 4.81. The minimum atomic E-state index is -1.28. The fraction of sp³-hybridized carbons (Fsp3) is 0.571. The first-order valence-corrected chi connectivity index (χ1v) is 4.11. The van der Waals surface area contributed by atoms with Gasteiger partial charge in [0.05, 0.1) is 25.0 Å². The number of hydrogen-bond donors (Lipinski definition) is 0. The van der Waals surface area contributed by atoms with Gasteiger partial charge < -0.3 is 29.6 Å². The maximum absolute atomic E-state index is 10.2. The van der Waals surface area contributed by atoms with E-state index >= 15 is 0 Å². The van der Waals surface area contributed by atoms with Crippen molar-refractivity contribution < 1.29 is 78.9 Å². The molecule has 0 fully saturated rings. The Balaban J connectivity index is -0.000000845. The molecule has 0 bridgehead atoms. The van der Waals surface area contributed by atoms with Crippen molar-refractivity contribution in [2.75, 3.05) is 27.2 Å². The molecule has 16 heavy (non-hydrogen) atoms. The van der Waals surface area contributed by atoms with Gasteiger partial charge in [-0.2, -0.15) is 0 Å². The molecule has 0 heterocycles. The summed E-state index contributed by atoms with van der Waals surface area (Å²) in [5.74, 6) is -2.56. The standard InChI is InChI=1S/C7H12N2O4S.2Na/c1-8(3-5(10)11)7(14)9(2)4-6(12)13;;/h3-4H2,1-2H3,(H,10,11)(H,12,13);;/q;2*+1/p-2. The summed E-state index contributed by atoms with van der Waals surface area (Å²) in [4.78, 5) is 22.8. The second-order valence-corrected chi connectivity index (χ2v) is 3.10. The zero-order valence-corrected chi connectivity index (χ0v) is 14.7. The Hall–Kier alpha value is 0.630. The molecule has 0 aromatic carbocycles. The smallest absolute Gasteiger partial charge is 0.548 e. The van der Waals surface area contributed by atoms with Crippen molar-refractivity contribution in [3.8, 4) is 0 Å². The number of carboxylic acids is 2. The zero-order chi connectivity index (χ0) is 11.3. The van der Waals surface area contributed by atoms with Crippen LogP contribution in [0.15, 0.2) is 0 Å². The maximum atomic E-state index is 10.2. The predicted octanol–water partition coefficient (Wildman–Crippen LogP) is -9.36. The van der Waals surface area contributed by atoms with E-state index in [4.69, 9.17) is 12.2 Å². The third-order valence-corrected chi connectivity index (χ3v) is 2.01. The number of rotatable bonds is 4. The predicted molar refractivity (Wildman–Crippen MR) is 47.9 cm³/mol. The molecule has 0 aromatic rings. The van der Waals surface area contributed by atoms with Gasteiger partial charge in [0, 0.05) is 14.1 Å². The number of carbonyl (C=O) groups is 2. The number of carboxylic acid groups (broad SMARTS) is 2. The van der Waals surface area contributed by atoms with E-state index in [0.717, 1.165) is 0 Å². The van der Waals surface area contributed by atoms with Crippen molar-refractivity contribution in [2.45, 2.75) is 0 Å². The first-order chi connectivity index (χ1) is 6.34. The summed E-state index contributed by atoms with van der Waals surface area (Å²) in [6.45, 7) is -0.757. The van der Waals surface area contributed by atoms with Crippen LogP contribution >= 0.6 is 12.2 Å². The first kappa shape index (κ1) is 21.9. The van der Waals surface area contributed by atoms with Gasteiger partial charge in [-0.05, 0) is 12.2 Å². The Morgan fingerprint density at radius 1 is 1.00 bits per heavy atom. The molecule has 80 valence electrons. The molecule has 0 N–H and O–H groups in total. The Kier molecular flexibility index (Phi) is 14.7. The van der Waals surface area contributed by atoms with Gasteiger partial charge in [0.25, 0.3) is 0 Å². The third kappa shape index (κ3) is 9.83. The molecule has 0 amide bonds. The second-order valence-electron chi connectivity index (χ2n) is 2.74. The molecule has 0 spiro atoms. The number of carbonyl (C=O) groups excluding carboxylic acids is 2. The topological polar surface area (TPSA) is 86.7 Å². The van der Waals surface area contributed by atoms with Crippen LogP contribution in [-0.4, -0.2) is 54.0 Å². The van der Waals surface area contributed by atoms with Crippen LogP contribution in [0, 0.1) is 0 Å². The van der Waals surface area contributed by atoms with Crippen LogP contribution in [0.4, 0.5) is 0 Å². The Bertz CT molecular complexity index is 241. The average Bonchev–Trinajstić information content (AvgIpc) is 2.00. The van der Waals surface area contributed by atoms with Crippen LogP contribution in [0.1, 0.15) is 0 Å². The van der Waals surface area contributed by atoms with E-state index in [-0.39, 0.29) is 77.3 Å². The van der Waals surface area contributed by atoms with Crippen molar-refractivity contribution >= 4 is 29.3 Å². The second kappa shape index (κ2) is 10.8. The average molecular weight is 264 g/mol. The van der Waals surface area contributed by atoms with Crippen LogP contribution < -0.4 is 69.3 Å². The summed E-state index contributed by atoms with van der Waals surface area (Å²) in [5.41, 5.74) is 0. The van der Waals surface area contributed by atoms with Gasteiger partial charge >= 0.3 is 59.1 Å². The van der Waals surface area contributed by atoms with Crippen molar-refractivity contribution in [3.05, 3.63) is 0 Å². The summed E-state index contributed by atoms with van der Waals surface area (Å²) in [6, 6.07) is 0. The zero-order valence-electron chi connectivity index (χ0n) is 9.85. The van der Waals surface area contributed by atoms with Gasteiger partial charge in [-0.3, -0.25) is 0 Å². The number of hydrogen-bond acceptors (Lipinski definition) is 5. The number of thiocarbonyl (C=S) groups is 1. The molecule has 0 aliphatic carbocycles. The van der Waals surface area contributed by atoms with Gasteiger partial charge in [-0.25, -0.2) is 0 Å². The summed E-state index contributed by atoms with van der Waals surface area (Å²) in [7, 11) is 2.87. The molecule has 0 saturated heterocycles. The van der Waals surface area contributed by atoms with E-state index < -0.39 is 11.9 Å². The molecule has 0 unspecified atom stereocenters. The van der Waals surface area contributed by atoms with E-state index in [0.29, 0.717) is 0 Å². The number of likely N-dealkylation sites (N-methyl/N-ethyl adjacent to an activating group) is 2. The molecule has 0 aliphatic rings. The molecular formula is C7H10N2Na2O4S. The summed E-state index contributed by atoms with van der Waals surface area (Å²) < 4.78 is 0. The maximum Gasteiger partial charge on any atom is 1.00 e. The Morgan fingerprint density at radius 3 is 1.44 bits per heavy atom. The van der Waals surface area contributed by atoms with E-state index in [1.165, 1.54) is 23.9 Å². The van der Waals surface area contributed by atoms with E-state index in [2.05, 4.69) is 0 Å². The van der Waals surface area contributed by atoms with Crippen molar-refractivity contribution in [1.82, 2.24) is 9.80 Å². The summed E-state index contributed by atoms with van der Waals surface area (Å²) in [5, 5.41) is 20.5. The van der Waals surface area contributed by atoms with Crippen LogP contribution in [0.2, 0.25) is 0 Å². The molecular weight excluding hydrogens is 254 g/mol. The monoisotopic (exact) mass is 264 g/mol. The SMILES string of the molecule is CN(CC(=O)[O-])C(=S)N(C)CC(=O)[O-].[Na+].[Na+]. The van der Waals surface area contributed by atoms with E-state index in [1.54, 1.807) is 0 Å². The van der Waals surface area contributed by atoms with Crippen LogP contribution in [0.25, 0.3) is 0 Å². The van der Waals surface area contributed by atoms with Gasteiger partial charge in [0.2, 0.25) is 0 Å². The first-order valence-electron chi connectivity index (χ1n) is 3.70. The molecule has 9 heteroatoms. The normalized spacial score (nSPS) is 8.12. The largest absolute Gasteiger partial charge is 1.00 e. The fourth-order valence-electron chi connectivity index (χ4n) is 0.814. The van der Waals surface area contributed by atoms with Crippen LogP contribution in [-0.2, 0) is 9.59 Å². The molecule has 0 atom stereocenters. The van der Waals surface area contributed by atoms with Crippen molar-refractivity contribution in [3.63, 3.8) is 0 Å². The Labute approximate surface area is 144 Å². The van der Waals surface area contributed by atoms with E-state index in [1.807, 2.05) is 0 Å². The van der Waals surface area contributed by atoms with Crippen molar-refractivity contribution in [2.24, 2.45) is 0 Å². The molecule has 0 aliphatic heterocycles. The van der Waals surface area contributed by atoms with Gasteiger partial charge in [0.1, 0.15) is 0 Å². The quantitative estimate of drug-likeness (QED) is 0.368. The van der Waals surface area contributed by atoms with Crippen LogP contribution in [0.5, 0.6) is 0 Å². The van der Waals surface area contributed by atoms with E-state index in [9.17, 15) is 19.8 Å². The van der Waals surface area contributed by atoms with Gasteiger partial charge in [-0.15, -0.1) is 0 Å². The molecule has 0 aromatic heterocycles. The van der Waals surface area contributed by atoms with Crippen LogP contribution in [0.3, 0.4) is 0 Å². The minimum Gasteiger partial charge on any atom is -0.548 e. The number of aliphatic carboxylic acids is 2. The molecule has 6 nitrogen and oxygen atoms in total. The number of nitrogens with zero attached hydrogens (tertiary/aromatic N) is 2. The Morgan fingerprint density at radius 2 is 1.25 bits per heavy atom. The fourth-order valence-corrected chi connectivity index (χ4v) is 0.943. The third-order valence-electron chi connectivity index (χ3n) is 1.39. The molecule has 0 radical (unpaired) electrons. The van der Waals surface area contributed by atoms with Crippen molar-refractivity contribution in [1.29, 1.82) is 0 Å². The van der Waals surface area contributed by atoms with Gasteiger partial charge in [0.15, 0.2) is 5.11 Å². The molecule has 0 saturated carbocycles. The van der Waals surface area contributed by atoms with Gasteiger partial charge in [-0.1, -0.05) is 0 Å². The minimum absolute atomic E-state index is 0. The summed E-state index contributed by atoms with van der Waals surface area (Å²) in [6.07, 6.45) is 0. The molecule has 0 rings (SSSR count).